The Labute approximate surface area is 191 Å². The first-order valence-electron chi connectivity index (χ1n) is 11.1. The van der Waals surface area contributed by atoms with Gasteiger partial charge in [-0.3, -0.25) is 14.6 Å². The predicted octanol–water partition coefficient (Wildman–Crippen LogP) is 1.29. The van der Waals surface area contributed by atoms with Crippen molar-refractivity contribution >= 4 is 11.8 Å². The average Bonchev–Trinajstić information content (AvgIpc) is 2.75. The minimum Gasteiger partial charge on any atom is -0.493 e. The number of nitrogens with one attached hydrogen (secondary N) is 1. The van der Waals surface area contributed by atoms with Crippen LogP contribution in [-0.2, 0) is 9.53 Å². The molecule has 0 spiro atoms. The van der Waals surface area contributed by atoms with Crippen molar-refractivity contribution in [3.05, 3.63) is 29.8 Å². The van der Waals surface area contributed by atoms with E-state index in [1.807, 2.05) is 19.9 Å². The molecule has 182 valence electrons. The highest BCUT2D eigenvalue weighted by atomic mass is 16.5. The van der Waals surface area contributed by atoms with Gasteiger partial charge in [0.2, 0.25) is 5.91 Å². The maximum atomic E-state index is 12.8. The fraction of sp³-hybridized carbons (Fsp3) is 0.652. The lowest BCUT2D eigenvalue weighted by atomic mass is 9.87. The fourth-order valence-electron chi connectivity index (χ4n) is 3.19. The van der Waals surface area contributed by atoms with E-state index in [9.17, 15) is 14.7 Å². The topological polar surface area (TPSA) is 140 Å². The third kappa shape index (κ3) is 9.95. The molecule has 9 heteroatoms. The lowest BCUT2D eigenvalue weighted by molar-refractivity contribution is -0.130. The molecular formula is C23H40N4O5. The van der Waals surface area contributed by atoms with Crippen LogP contribution in [0.4, 0.5) is 0 Å². The molecule has 0 radical (unpaired) electrons. The molecule has 0 aliphatic rings. The number of para-hydroxylation sites is 1. The van der Waals surface area contributed by atoms with Crippen LogP contribution in [0.25, 0.3) is 0 Å². The summed E-state index contributed by atoms with van der Waals surface area (Å²) in [6, 6.07) is 6.57. The van der Waals surface area contributed by atoms with E-state index in [0.29, 0.717) is 37.5 Å². The number of benzene rings is 1. The van der Waals surface area contributed by atoms with E-state index in [1.54, 1.807) is 25.3 Å². The maximum absolute atomic E-state index is 12.8. The first-order valence-corrected chi connectivity index (χ1v) is 11.1. The smallest absolute Gasteiger partial charge is 0.255 e. The van der Waals surface area contributed by atoms with Gasteiger partial charge in [-0.15, -0.1) is 0 Å². The van der Waals surface area contributed by atoms with Gasteiger partial charge in [-0.05, 0) is 43.2 Å². The monoisotopic (exact) mass is 452 g/mol. The molecule has 32 heavy (non-hydrogen) atoms. The molecule has 3 unspecified atom stereocenters. The number of carbonyl (C=O) groups is 2. The number of carbonyl (C=O) groups excluding carboxylic acids is 2. The standard InChI is InChI=1S/C23H40N4O5/c1-16(2)18(13-20(24)21(29)15-27(25)17(3)28)14-26-23(30)19-9-5-6-10-22(19)32-12-8-7-11-31-4/h5-6,9-10,16,18,20-21,29H,7-8,11-15,24-25H2,1-4H3,(H,26,30). The number of nitrogens with two attached hydrogens (primary N) is 2. The van der Waals surface area contributed by atoms with Gasteiger partial charge < -0.3 is 25.6 Å². The number of hydrogen-bond donors (Lipinski definition) is 4. The van der Waals surface area contributed by atoms with Crippen LogP contribution in [0.15, 0.2) is 24.3 Å². The second-order valence-electron chi connectivity index (χ2n) is 8.40. The SMILES string of the molecule is COCCCCOc1ccccc1C(=O)NCC(CC(N)C(O)CN(N)C(C)=O)C(C)C. The Balaban J connectivity index is 2.65. The number of amides is 2. The van der Waals surface area contributed by atoms with E-state index in [0.717, 1.165) is 17.9 Å². The molecule has 0 aromatic heterocycles. The summed E-state index contributed by atoms with van der Waals surface area (Å²) in [4.78, 5) is 24.1. The zero-order chi connectivity index (χ0) is 24.1. The Morgan fingerprint density at radius 2 is 1.84 bits per heavy atom. The number of hydrogen-bond acceptors (Lipinski definition) is 7. The van der Waals surface area contributed by atoms with Crippen molar-refractivity contribution in [2.75, 3.05) is 33.4 Å². The normalized spacial score (nSPS) is 14.0. The van der Waals surface area contributed by atoms with Gasteiger partial charge >= 0.3 is 0 Å². The van der Waals surface area contributed by atoms with Crippen LogP contribution in [-0.4, -0.2) is 67.5 Å². The Kier molecular flexibility index (Phi) is 12.9. The van der Waals surface area contributed by atoms with Crippen LogP contribution in [0.3, 0.4) is 0 Å². The summed E-state index contributed by atoms with van der Waals surface area (Å²) >= 11 is 0. The number of aliphatic hydroxyl groups is 1. The molecule has 0 saturated carbocycles. The zero-order valence-electron chi connectivity index (χ0n) is 19.8. The number of nitrogens with zero attached hydrogens (tertiary/aromatic N) is 1. The van der Waals surface area contributed by atoms with Gasteiger partial charge in [0.1, 0.15) is 5.75 Å². The van der Waals surface area contributed by atoms with Crippen molar-refractivity contribution in [2.45, 2.75) is 52.2 Å². The first-order chi connectivity index (χ1) is 15.2. The quantitative estimate of drug-likeness (QED) is 0.136. The van der Waals surface area contributed by atoms with Crippen LogP contribution in [0.1, 0.15) is 50.4 Å². The van der Waals surface area contributed by atoms with Gasteiger partial charge in [0.15, 0.2) is 0 Å². The molecule has 0 heterocycles. The van der Waals surface area contributed by atoms with Crippen molar-refractivity contribution in [2.24, 2.45) is 23.4 Å². The molecule has 0 bridgehead atoms. The Hall–Kier alpha value is -2.20. The molecule has 1 aromatic carbocycles. The lowest BCUT2D eigenvalue weighted by Crippen LogP contribution is -2.49. The second-order valence-corrected chi connectivity index (χ2v) is 8.40. The average molecular weight is 453 g/mol. The Morgan fingerprint density at radius 3 is 2.47 bits per heavy atom. The van der Waals surface area contributed by atoms with Gasteiger partial charge in [-0.25, -0.2) is 5.84 Å². The highest BCUT2D eigenvalue weighted by Crippen LogP contribution is 2.20. The summed E-state index contributed by atoms with van der Waals surface area (Å²) in [6.45, 7) is 6.95. The van der Waals surface area contributed by atoms with E-state index in [4.69, 9.17) is 21.1 Å². The van der Waals surface area contributed by atoms with Crippen molar-refractivity contribution in [3.63, 3.8) is 0 Å². The van der Waals surface area contributed by atoms with Crippen LogP contribution < -0.4 is 21.6 Å². The first kappa shape index (κ1) is 27.8. The third-order valence-electron chi connectivity index (χ3n) is 5.46. The number of rotatable bonds is 15. The number of hydrazine groups is 1. The van der Waals surface area contributed by atoms with Crippen molar-refractivity contribution in [3.8, 4) is 5.75 Å². The molecular weight excluding hydrogens is 412 g/mol. The molecule has 1 rings (SSSR count). The number of methoxy groups -OCH3 is 1. The van der Waals surface area contributed by atoms with Gasteiger partial charge in [0.05, 0.1) is 24.8 Å². The van der Waals surface area contributed by atoms with Crippen molar-refractivity contribution in [1.82, 2.24) is 10.3 Å². The van der Waals surface area contributed by atoms with E-state index >= 15 is 0 Å². The molecule has 1 aromatic rings. The summed E-state index contributed by atoms with van der Waals surface area (Å²) in [7, 11) is 1.66. The minimum atomic E-state index is -0.951. The van der Waals surface area contributed by atoms with E-state index < -0.39 is 12.1 Å². The highest BCUT2D eigenvalue weighted by molar-refractivity contribution is 5.96. The summed E-state index contributed by atoms with van der Waals surface area (Å²) in [6.07, 6.45) is 1.25. The number of aliphatic hydroxyl groups excluding tert-OH is 1. The van der Waals surface area contributed by atoms with Crippen LogP contribution in [0.5, 0.6) is 5.75 Å². The minimum absolute atomic E-state index is 0.0364. The molecule has 3 atom stereocenters. The van der Waals surface area contributed by atoms with Gasteiger partial charge in [0, 0.05) is 33.2 Å². The Morgan fingerprint density at radius 1 is 1.19 bits per heavy atom. The van der Waals surface area contributed by atoms with E-state index in [1.165, 1.54) is 6.92 Å². The van der Waals surface area contributed by atoms with Gasteiger partial charge in [-0.1, -0.05) is 26.0 Å². The van der Waals surface area contributed by atoms with Crippen LogP contribution in [0.2, 0.25) is 0 Å². The van der Waals surface area contributed by atoms with Crippen LogP contribution in [0, 0.1) is 11.8 Å². The summed E-state index contributed by atoms with van der Waals surface area (Å²) in [5, 5.41) is 14.2. The predicted molar refractivity (Wildman–Crippen MR) is 124 cm³/mol. The van der Waals surface area contributed by atoms with Crippen molar-refractivity contribution in [1.29, 1.82) is 0 Å². The molecule has 2 amide bonds. The van der Waals surface area contributed by atoms with E-state index in [-0.39, 0.29) is 30.2 Å². The molecule has 0 aliphatic carbocycles. The number of unbranched alkanes of at least 4 members (excludes halogenated alkanes) is 1. The third-order valence-corrected chi connectivity index (χ3v) is 5.46. The highest BCUT2D eigenvalue weighted by Gasteiger charge is 2.25. The van der Waals surface area contributed by atoms with Gasteiger partial charge in [-0.2, -0.15) is 0 Å². The van der Waals surface area contributed by atoms with E-state index in [2.05, 4.69) is 5.32 Å². The maximum Gasteiger partial charge on any atom is 0.255 e. The molecule has 9 nitrogen and oxygen atoms in total. The largest absolute Gasteiger partial charge is 0.493 e. The lowest BCUT2D eigenvalue weighted by Gasteiger charge is -2.29. The Bertz CT molecular complexity index is 701. The summed E-state index contributed by atoms with van der Waals surface area (Å²) in [5.41, 5.74) is 6.63. The molecule has 6 N–H and O–H groups in total. The number of ether oxygens (including phenoxy) is 2. The van der Waals surface area contributed by atoms with Crippen LogP contribution >= 0.6 is 0 Å². The second kappa shape index (κ2) is 14.8. The van der Waals surface area contributed by atoms with Crippen molar-refractivity contribution < 1.29 is 24.2 Å². The summed E-state index contributed by atoms with van der Waals surface area (Å²) < 4.78 is 10.8. The fourth-order valence-corrected chi connectivity index (χ4v) is 3.19. The summed E-state index contributed by atoms with van der Waals surface area (Å²) in [5.74, 6) is 5.82. The van der Waals surface area contributed by atoms with Gasteiger partial charge in [0.25, 0.3) is 5.91 Å². The zero-order valence-corrected chi connectivity index (χ0v) is 19.8. The molecule has 0 fully saturated rings. The molecule has 0 aliphatic heterocycles. The molecule has 0 saturated heterocycles.